The van der Waals surface area contributed by atoms with E-state index in [0.717, 1.165) is 17.9 Å². The van der Waals surface area contributed by atoms with Gasteiger partial charge in [0.15, 0.2) is 0 Å². The average molecular weight is 238 g/mol. The molecule has 3 amide bonds. The summed E-state index contributed by atoms with van der Waals surface area (Å²) < 4.78 is 2.04. The molecular weight excluding hydrogens is 220 g/mol. The number of hydrazine groups is 1. The van der Waals surface area contributed by atoms with Crippen molar-refractivity contribution in [2.45, 2.75) is 27.3 Å². The molecule has 0 aromatic carbocycles. The summed E-state index contributed by atoms with van der Waals surface area (Å²) in [4.78, 5) is 22.7. The normalized spacial score (nSPS) is 9.88. The molecule has 94 valence electrons. The number of nitrogens with zero attached hydrogens (tertiary/aromatic N) is 1. The molecule has 0 aliphatic heterocycles. The van der Waals surface area contributed by atoms with Gasteiger partial charge in [-0.2, -0.15) is 0 Å². The third kappa shape index (κ3) is 2.77. The van der Waals surface area contributed by atoms with Crippen LogP contribution in [-0.4, -0.2) is 23.6 Å². The van der Waals surface area contributed by atoms with E-state index in [2.05, 4.69) is 16.2 Å². The van der Waals surface area contributed by atoms with Gasteiger partial charge in [-0.1, -0.05) is 0 Å². The number of aromatic nitrogens is 1. The molecule has 0 atom stereocenters. The van der Waals surface area contributed by atoms with Crippen LogP contribution in [0.5, 0.6) is 0 Å². The van der Waals surface area contributed by atoms with E-state index in [-0.39, 0.29) is 5.91 Å². The molecule has 1 aromatic heterocycles. The van der Waals surface area contributed by atoms with Crippen molar-refractivity contribution >= 4 is 11.9 Å². The maximum absolute atomic E-state index is 11.8. The minimum absolute atomic E-state index is 0.318. The lowest BCUT2D eigenvalue weighted by Crippen LogP contribution is -2.45. The number of aryl methyl sites for hydroxylation is 1. The molecule has 0 aliphatic carbocycles. The molecule has 0 bridgehead atoms. The SMILES string of the molecule is CCn1c(C)cc(C(=O)NNC(=O)NC)c1C. The first-order chi connectivity index (χ1) is 8.01. The first-order valence-corrected chi connectivity index (χ1v) is 5.46. The van der Waals surface area contributed by atoms with Crippen LogP contribution in [0.2, 0.25) is 0 Å². The third-order valence-corrected chi connectivity index (χ3v) is 2.65. The molecule has 1 rings (SSSR count). The monoisotopic (exact) mass is 238 g/mol. The van der Waals surface area contributed by atoms with Crippen molar-refractivity contribution in [2.75, 3.05) is 7.05 Å². The van der Waals surface area contributed by atoms with Gasteiger partial charge in [0, 0.05) is 25.0 Å². The first kappa shape index (κ1) is 13.1. The van der Waals surface area contributed by atoms with Crippen LogP contribution in [0.4, 0.5) is 4.79 Å². The zero-order valence-corrected chi connectivity index (χ0v) is 10.5. The highest BCUT2D eigenvalue weighted by molar-refractivity contribution is 5.96. The Kier molecular flexibility index (Phi) is 4.14. The van der Waals surface area contributed by atoms with Crippen molar-refractivity contribution in [1.29, 1.82) is 0 Å². The molecule has 0 saturated carbocycles. The molecule has 0 fully saturated rings. The zero-order valence-electron chi connectivity index (χ0n) is 10.5. The predicted octanol–water partition coefficient (Wildman–Crippen LogP) is 0.699. The van der Waals surface area contributed by atoms with Gasteiger partial charge < -0.3 is 9.88 Å². The number of amides is 3. The van der Waals surface area contributed by atoms with Crippen LogP contribution in [0.3, 0.4) is 0 Å². The Labute approximate surface area is 100 Å². The molecule has 1 aromatic rings. The smallest absolute Gasteiger partial charge is 0.333 e. The highest BCUT2D eigenvalue weighted by Crippen LogP contribution is 2.14. The summed E-state index contributed by atoms with van der Waals surface area (Å²) in [5.41, 5.74) is 7.07. The fourth-order valence-electron chi connectivity index (χ4n) is 1.76. The lowest BCUT2D eigenvalue weighted by atomic mass is 10.2. The molecule has 6 heteroatoms. The van der Waals surface area contributed by atoms with Crippen molar-refractivity contribution in [1.82, 2.24) is 20.7 Å². The molecule has 17 heavy (non-hydrogen) atoms. The minimum atomic E-state index is -0.456. The van der Waals surface area contributed by atoms with E-state index < -0.39 is 6.03 Å². The van der Waals surface area contributed by atoms with Gasteiger partial charge in [0.05, 0.1) is 5.56 Å². The molecule has 0 spiro atoms. The number of rotatable bonds is 2. The summed E-state index contributed by atoms with van der Waals surface area (Å²) >= 11 is 0. The Hall–Kier alpha value is -1.98. The van der Waals surface area contributed by atoms with Gasteiger partial charge in [-0.25, -0.2) is 10.2 Å². The summed E-state index contributed by atoms with van der Waals surface area (Å²) in [5, 5.41) is 2.34. The summed E-state index contributed by atoms with van der Waals surface area (Å²) in [5.74, 6) is -0.318. The van der Waals surface area contributed by atoms with E-state index in [1.807, 2.05) is 25.3 Å². The Bertz CT molecular complexity index is 437. The molecule has 1 heterocycles. The standard InChI is InChI=1S/C11H18N4O2/c1-5-15-7(2)6-9(8(15)3)10(16)13-14-11(17)12-4/h6H,5H2,1-4H3,(H,13,16)(H2,12,14,17). The van der Waals surface area contributed by atoms with E-state index >= 15 is 0 Å². The minimum Gasteiger partial charge on any atom is -0.349 e. The van der Waals surface area contributed by atoms with Crippen molar-refractivity contribution < 1.29 is 9.59 Å². The third-order valence-electron chi connectivity index (χ3n) is 2.65. The Morgan fingerprint density at radius 2 is 1.94 bits per heavy atom. The molecule has 3 N–H and O–H groups in total. The largest absolute Gasteiger partial charge is 0.349 e. The van der Waals surface area contributed by atoms with E-state index in [9.17, 15) is 9.59 Å². The second-order valence-corrected chi connectivity index (χ2v) is 3.69. The van der Waals surface area contributed by atoms with Crippen LogP contribution < -0.4 is 16.2 Å². The van der Waals surface area contributed by atoms with Crippen LogP contribution in [0.15, 0.2) is 6.07 Å². The number of hydrogen-bond acceptors (Lipinski definition) is 2. The molecule has 0 unspecified atom stereocenters. The topological polar surface area (TPSA) is 75.2 Å². The summed E-state index contributed by atoms with van der Waals surface area (Å²) in [7, 11) is 1.48. The Balaban J connectivity index is 2.79. The highest BCUT2D eigenvalue weighted by atomic mass is 16.2. The van der Waals surface area contributed by atoms with Crippen LogP contribution in [-0.2, 0) is 6.54 Å². The summed E-state index contributed by atoms with van der Waals surface area (Å²) in [6, 6.07) is 1.35. The van der Waals surface area contributed by atoms with Crippen molar-refractivity contribution in [3.05, 3.63) is 23.0 Å². The quantitative estimate of drug-likeness (QED) is 0.663. The summed E-state index contributed by atoms with van der Waals surface area (Å²) in [6.45, 7) is 6.66. The number of carbonyl (C=O) groups is 2. The molecule has 0 aliphatic rings. The van der Waals surface area contributed by atoms with Gasteiger partial charge in [0.25, 0.3) is 5.91 Å². The first-order valence-electron chi connectivity index (χ1n) is 5.46. The zero-order chi connectivity index (χ0) is 13.0. The van der Waals surface area contributed by atoms with Crippen molar-refractivity contribution in [3.8, 4) is 0 Å². The van der Waals surface area contributed by atoms with Gasteiger partial charge in [0.2, 0.25) is 0 Å². The van der Waals surface area contributed by atoms with Gasteiger partial charge in [-0.15, -0.1) is 0 Å². The van der Waals surface area contributed by atoms with E-state index in [1.165, 1.54) is 7.05 Å². The summed E-state index contributed by atoms with van der Waals surface area (Å²) in [6.07, 6.45) is 0. The fourth-order valence-corrected chi connectivity index (χ4v) is 1.76. The maximum atomic E-state index is 11.8. The lowest BCUT2D eigenvalue weighted by molar-refractivity contribution is 0.0936. The van der Waals surface area contributed by atoms with E-state index in [4.69, 9.17) is 0 Å². The van der Waals surface area contributed by atoms with Gasteiger partial charge in [0.1, 0.15) is 0 Å². The van der Waals surface area contributed by atoms with Crippen LogP contribution >= 0.6 is 0 Å². The van der Waals surface area contributed by atoms with Crippen molar-refractivity contribution in [2.24, 2.45) is 0 Å². The Morgan fingerprint density at radius 3 is 2.41 bits per heavy atom. The molecule has 0 radical (unpaired) electrons. The number of carbonyl (C=O) groups excluding carboxylic acids is 2. The van der Waals surface area contributed by atoms with Gasteiger partial charge in [-0.05, 0) is 26.8 Å². The van der Waals surface area contributed by atoms with Gasteiger partial charge in [-0.3, -0.25) is 10.2 Å². The average Bonchev–Trinajstić information content (AvgIpc) is 2.60. The highest BCUT2D eigenvalue weighted by Gasteiger charge is 2.14. The molecular formula is C11H18N4O2. The van der Waals surface area contributed by atoms with Gasteiger partial charge >= 0.3 is 6.03 Å². The van der Waals surface area contributed by atoms with E-state index in [1.54, 1.807) is 6.07 Å². The number of urea groups is 1. The van der Waals surface area contributed by atoms with Crippen molar-refractivity contribution in [3.63, 3.8) is 0 Å². The number of hydrogen-bond donors (Lipinski definition) is 3. The molecule has 6 nitrogen and oxygen atoms in total. The lowest BCUT2D eigenvalue weighted by Gasteiger charge is -2.07. The van der Waals surface area contributed by atoms with Crippen LogP contribution in [0.1, 0.15) is 28.7 Å². The predicted molar refractivity (Wildman–Crippen MR) is 64.6 cm³/mol. The fraction of sp³-hybridized carbons (Fsp3) is 0.455. The second-order valence-electron chi connectivity index (χ2n) is 3.69. The van der Waals surface area contributed by atoms with Crippen LogP contribution in [0.25, 0.3) is 0 Å². The Morgan fingerprint density at radius 1 is 1.29 bits per heavy atom. The number of nitrogens with one attached hydrogen (secondary N) is 3. The second kappa shape index (κ2) is 5.38. The molecule has 0 saturated heterocycles. The van der Waals surface area contributed by atoms with Crippen LogP contribution in [0, 0.1) is 13.8 Å². The maximum Gasteiger partial charge on any atom is 0.333 e. The van der Waals surface area contributed by atoms with E-state index in [0.29, 0.717) is 5.56 Å².